The van der Waals surface area contributed by atoms with E-state index in [9.17, 15) is 88.2 Å². The molecule has 37 heavy (non-hydrogen) atoms. The minimum Gasteiger partial charge on any atom is -0.453 e. The van der Waals surface area contributed by atoms with Gasteiger partial charge in [0.25, 0.3) is 0 Å². The van der Waals surface area contributed by atoms with Crippen molar-refractivity contribution < 1.29 is 107 Å². The zero-order chi connectivity index (χ0) is 30.3. The van der Waals surface area contributed by atoms with Crippen molar-refractivity contribution in [2.24, 2.45) is 0 Å². The van der Waals surface area contributed by atoms with Gasteiger partial charge in [-0.3, -0.25) is 0 Å². The summed E-state index contributed by atoms with van der Waals surface area (Å²) < 4.78 is 253. The van der Waals surface area contributed by atoms with Gasteiger partial charge in [-0.15, -0.1) is 17.6 Å². The second-order valence-electron chi connectivity index (χ2n) is 5.99. The van der Waals surface area contributed by atoms with Crippen LogP contribution in [0.25, 0.3) is 0 Å². The van der Waals surface area contributed by atoms with Gasteiger partial charge in [-0.25, -0.2) is 19.0 Å². The van der Waals surface area contributed by atoms with Gasteiger partial charge >= 0.3 is 60.6 Å². The number of hydrogen-bond acceptors (Lipinski definition) is 5. The van der Waals surface area contributed by atoms with E-state index in [1.807, 2.05) is 0 Å². The predicted octanol–water partition coefficient (Wildman–Crippen LogP) is 6.16. The Morgan fingerprint density at radius 2 is 0.946 bits per heavy atom. The summed E-state index contributed by atoms with van der Waals surface area (Å²) in [6.45, 7) is 0.0261. The molecule has 0 aromatic heterocycles. The lowest BCUT2D eigenvalue weighted by Gasteiger charge is -2.39. The van der Waals surface area contributed by atoms with E-state index < -0.39 is 67.2 Å². The fraction of sp³-hybridized carbons (Fsp3) is 0.769. The summed E-state index contributed by atoms with van der Waals surface area (Å²) in [4.78, 5) is 10.5. The van der Waals surface area contributed by atoms with E-state index in [4.69, 9.17) is 0 Å². The van der Waals surface area contributed by atoms with Crippen LogP contribution in [0.3, 0.4) is 0 Å². The average molecular weight is 602 g/mol. The Balaban J connectivity index is 6.00. The van der Waals surface area contributed by atoms with Gasteiger partial charge < -0.3 is 4.74 Å². The normalized spacial score (nSPS) is 15.5. The first-order valence-electron chi connectivity index (χ1n) is 7.81. The lowest BCUT2D eigenvalue weighted by Crippen LogP contribution is -2.71. The fourth-order valence-corrected chi connectivity index (χ4v) is 1.57. The van der Waals surface area contributed by atoms with E-state index in [1.54, 1.807) is 4.74 Å². The third-order valence-electron chi connectivity index (χ3n) is 3.21. The number of carbonyl (C=O) groups is 1. The number of esters is 1. The lowest BCUT2D eigenvalue weighted by molar-refractivity contribution is -0.589. The molecular formula is C13H5F19O5. The van der Waals surface area contributed by atoms with E-state index in [2.05, 4.69) is 16.1 Å². The molecule has 24 heteroatoms. The van der Waals surface area contributed by atoms with Crippen LogP contribution >= 0.6 is 0 Å². The second-order valence-corrected chi connectivity index (χ2v) is 5.99. The first-order chi connectivity index (χ1) is 15.8. The Kier molecular flexibility index (Phi) is 9.22. The lowest BCUT2D eigenvalue weighted by atomic mass is 9.97. The molecule has 0 spiro atoms. The summed E-state index contributed by atoms with van der Waals surface area (Å²) in [5.74, 6) is -35.8. The molecule has 0 fully saturated rings. The van der Waals surface area contributed by atoms with E-state index in [0.29, 0.717) is 0 Å². The molecule has 0 heterocycles. The number of halogens is 19. The van der Waals surface area contributed by atoms with Crippen molar-refractivity contribution >= 4 is 5.97 Å². The number of hydrogen-bond donors (Lipinski definition) is 0. The Morgan fingerprint density at radius 3 is 1.32 bits per heavy atom. The molecule has 0 saturated heterocycles. The highest BCUT2D eigenvalue weighted by Crippen LogP contribution is 2.61. The minimum absolute atomic E-state index is 0.124. The molecule has 0 aromatic rings. The number of rotatable bonds is 13. The topological polar surface area (TPSA) is 54.0 Å². The molecule has 0 amide bonds. The zero-order valence-corrected chi connectivity index (χ0v) is 16.2. The summed E-state index contributed by atoms with van der Waals surface area (Å²) in [5, 5.41) is 0. The number of alkyl halides is 19. The van der Waals surface area contributed by atoms with Gasteiger partial charge in [0, 0.05) is 6.08 Å². The molecule has 0 rings (SSSR count). The van der Waals surface area contributed by atoms with Crippen LogP contribution in [0.15, 0.2) is 12.7 Å². The van der Waals surface area contributed by atoms with Gasteiger partial charge in [-0.1, -0.05) is 6.58 Å². The summed E-state index contributed by atoms with van der Waals surface area (Å²) in [6, 6.07) is 0. The quantitative estimate of drug-likeness (QED) is 0.110. The van der Waals surface area contributed by atoms with Crippen molar-refractivity contribution in [2.75, 3.05) is 6.61 Å². The zero-order valence-electron chi connectivity index (χ0n) is 16.2. The molecule has 0 unspecified atom stereocenters. The van der Waals surface area contributed by atoms with Crippen LogP contribution in [0.2, 0.25) is 0 Å². The minimum atomic E-state index is -8.65. The highest BCUT2D eigenvalue weighted by molar-refractivity contribution is 5.81. The van der Waals surface area contributed by atoms with Gasteiger partial charge in [0.1, 0.15) is 0 Å². The van der Waals surface area contributed by atoms with Crippen molar-refractivity contribution in [3.8, 4) is 0 Å². The van der Waals surface area contributed by atoms with Gasteiger partial charge in [0.2, 0.25) is 0 Å². The molecule has 0 atom stereocenters. The van der Waals surface area contributed by atoms with Crippen LogP contribution in [0.1, 0.15) is 0 Å². The van der Waals surface area contributed by atoms with Crippen molar-refractivity contribution in [1.29, 1.82) is 0 Å². The highest BCUT2D eigenvalue weighted by atomic mass is 19.4. The second kappa shape index (κ2) is 9.81. The third kappa shape index (κ3) is 7.20. The van der Waals surface area contributed by atoms with Crippen LogP contribution in [-0.2, 0) is 23.7 Å². The maximum absolute atomic E-state index is 13.2. The van der Waals surface area contributed by atoms with E-state index >= 15 is 0 Å². The Bertz CT molecular complexity index is 833. The third-order valence-corrected chi connectivity index (χ3v) is 3.21. The van der Waals surface area contributed by atoms with Crippen molar-refractivity contribution in [3.63, 3.8) is 0 Å². The molecule has 0 aromatic carbocycles. The van der Waals surface area contributed by atoms with Crippen LogP contribution in [0.5, 0.6) is 0 Å². The first kappa shape index (κ1) is 34.8. The summed E-state index contributed by atoms with van der Waals surface area (Å²) >= 11 is 0. The largest absolute Gasteiger partial charge is 0.496 e. The molecule has 5 nitrogen and oxygen atoms in total. The molecule has 0 N–H and O–H groups in total. The summed E-state index contributed by atoms with van der Waals surface area (Å²) in [5.41, 5.74) is 0. The molecule has 0 aliphatic carbocycles. The van der Waals surface area contributed by atoms with Crippen molar-refractivity contribution in [3.05, 3.63) is 12.7 Å². The summed E-state index contributed by atoms with van der Waals surface area (Å²) in [7, 11) is 0. The SMILES string of the molecule is C=CC(=O)OCC(F)(F)OC(F)(F)OC(F)(F)OC(F)(F)C(F)(F)C(F)(F)C(F)(F)C(F)(F)C(F)(F)F. The summed E-state index contributed by atoms with van der Waals surface area (Å²) in [6.07, 6.45) is -35.4. The Hall–Kier alpha value is -2.24. The van der Waals surface area contributed by atoms with Gasteiger partial charge in [-0.05, 0) is 0 Å². The molecule has 0 radical (unpaired) electrons. The van der Waals surface area contributed by atoms with Crippen LogP contribution in [0, 0.1) is 0 Å². The van der Waals surface area contributed by atoms with Crippen molar-refractivity contribution in [1.82, 2.24) is 0 Å². The van der Waals surface area contributed by atoms with Crippen molar-refractivity contribution in [2.45, 2.75) is 54.7 Å². The Labute approximate surface area is 188 Å². The molecule has 0 aliphatic heterocycles. The first-order valence-corrected chi connectivity index (χ1v) is 7.81. The fourth-order valence-electron chi connectivity index (χ4n) is 1.57. The van der Waals surface area contributed by atoms with E-state index in [1.165, 1.54) is 4.74 Å². The van der Waals surface area contributed by atoms with Gasteiger partial charge in [-0.2, -0.15) is 65.9 Å². The monoisotopic (exact) mass is 602 g/mol. The number of ether oxygens (including phenoxy) is 4. The highest BCUT2D eigenvalue weighted by Gasteiger charge is 2.92. The van der Waals surface area contributed by atoms with Crippen LogP contribution < -0.4 is 0 Å². The van der Waals surface area contributed by atoms with Gasteiger partial charge in [0.05, 0.1) is 0 Å². The molecule has 0 saturated carbocycles. The Morgan fingerprint density at radius 1 is 0.568 bits per heavy atom. The smallest absolute Gasteiger partial charge is 0.453 e. The molecule has 0 bridgehead atoms. The van der Waals surface area contributed by atoms with E-state index in [-0.39, 0.29) is 6.08 Å². The maximum Gasteiger partial charge on any atom is 0.496 e. The molecule has 0 aliphatic rings. The number of carbonyl (C=O) groups excluding carboxylic acids is 1. The predicted molar refractivity (Wildman–Crippen MR) is 70.0 cm³/mol. The maximum atomic E-state index is 13.2. The standard InChI is InChI=1S/C13H5F19O5/c1-2-4(33)34-3-5(14,15)35-12(29,30)37-13(31,32)36-11(27,28)9(22,23)7(18,19)6(16,17)8(20,21)10(24,25)26/h2H,1,3H2. The molecular weight excluding hydrogens is 597 g/mol. The van der Waals surface area contributed by atoms with E-state index in [0.717, 1.165) is 0 Å². The average Bonchev–Trinajstić information content (AvgIpc) is 2.61. The van der Waals surface area contributed by atoms with Gasteiger partial charge in [0.15, 0.2) is 6.61 Å². The van der Waals surface area contributed by atoms with Crippen LogP contribution in [0.4, 0.5) is 83.4 Å². The van der Waals surface area contributed by atoms with Crippen LogP contribution in [-0.4, -0.2) is 67.2 Å². The molecule has 220 valence electrons.